The lowest BCUT2D eigenvalue weighted by Gasteiger charge is -2.15. The number of nitrogens with one attached hydrogen (secondary N) is 2. The predicted molar refractivity (Wildman–Crippen MR) is 77.7 cm³/mol. The fraction of sp³-hybridized carbons (Fsp3) is 0.500. The maximum absolute atomic E-state index is 12.0. The molecule has 0 aliphatic heterocycles. The number of aromatic nitrogens is 4. The quantitative estimate of drug-likeness (QED) is 0.854. The Balaban J connectivity index is 2.01. The summed E-state index contributed by atoms with van der Waals surface area (Å²) in [5.41, 5.74) is 2.60. The Morgan fingerprint density at radius 2 is 2.20 bits per heavy atom. The molecule has 0 saturated heterocycles. The minimum atomic E-state index is -0.0597. The van der Waals surface area contributed by atoms with E-state index >= 15 is 0 Å². The van der Waals surface area contributed by atoms with Crippen molar-refractivity contribution in [2.45, 2.75) is 33.2 Å². The molecule has 0 spiro atoms. The summed E-state index contributed by atoms with van der Waals surface area (Å²) in [6.45, 7) is 6.43. The van der Waals surface area contributed by atoms with Crippen LogP contribution in [-0.4, -0.2) is 26.3 Å². The van der Waals surface area contributed by atoms with Crippen molar-refractivity contribution in [3.05, 3.63) is 45.4 Å². The van der Waals surface area contributed by atoms with Gasteiger partial charge in [0.2, 0.25) is 0 Å². The lowest BCUT2D eigenvalue weighted by Crippen LogP contribution is -2.29. The summed E-state index contributed by atoms with van der Waals surface area (Å²) in [4.78, 5) is 19.1. The molecule has 0 aliphatic rings. The second-order valence-electron chi connectivity index (χ2n) is 5.02. The molecule has 2 heterocycles. The van der Waals surface area contributed by atoms with Gasteiger partial charge in [-0.25, -0.2) is 4.98 Å². The van der Waals surface area contributed by atoms with Gasteiger partial charge >= 0.3 is 0 Å². The first kappa shape index (κ1) is 14.5. The van der Waals surface area contributed by atoms with Gasteiger partial charge in [0.1, 0.15) is 5.82 Å². The summed E-state index contributed by atoms with van der Waals surface area (Å²) in [5.74, 6) is 0.651. The highest BCUT2D eigenvalue weighted by Gasteiger charge is 2.14. The minimum Gasteiger partial charge on any atom is -0.310 e. The van der Waals surface area contributed by atoms with Crippen molar-refractivity contribution in [2.75, 3.05) is 6.54 Å². The van der Waals surface area contributed by atoms with Crippen molar-refractivity contribution in [1.82, 2.24) is 25.1 Å². The smallest absolute Gasteiger partial charge is 0.255 e. The van der Waals surface area contributed by atoms with Crippen molar-refractivity contribution >= 4 is 0 Å². The number of nitrogens with zero attached hydrogens (tertiary/aromatic N) is 3. The van der Waals surface area contributed by atoms with Gasteiger partial charge in [-0.05, 0) is 26.8 Å². The highest BCUT2D eigenvalue weighted by molar-refractivity contribution is 5.20. The van der Waals surface area contributed by atoms with Crippen LogP contribution in [0.5, 0.6) is 0 Å². The Kier molecular flexibility index (Phi) is 4.34. The van der Waals surface area contributed by atoms with Crippen LogP contribution in [0.3, 0.4) is 0 Å². The number of H-pyrrole nitrogens is 1. The molecule has 0 saturated carbocycles. The summed E-state index contributed by atoms with van der Waals surface area (Å²) in [6.07, 6.45) is 2.66. The molecule has 0 bridgehead atoms. The summed E-state index contributed by atoms with van der Waals surface area (Å²) in [6, 6.07) is 1.97. The lowest BCUT2D eigenvalue weighted by molar-refractivity contribution is 0.554. The fourth-order valence-corrected chi connectivity index (χ4v) is 2.41. The Bertz CT molecular complexity index is 643. The average molecular weight is 275 g/mol. The van der Waals surface area contributed by atoms with Crippen LogP contribution < -0.4 is 10.9 Å². The number of aromatic amines is 1. The zero-order chi connectivity index (χ0) is 14.7. The summed E-state index contributed by atoms with van der Waals surface area (Å²) < 4.78 is 1.86. The van der Waals surface area contributed by atoms with Crippen molar-refractivity contribution in [1.29, 1.82) is 0 Å². The molecule has 2 aromatic rings. The largest absolute Gasteiger partial charge is 0.310 e. The maximum atomic E-state index is 12.0. The van der Waals surface area contributed by atoms with E-state index in [1.54, 1.807) is 13.1 Å². The Labute approximate surface area is 118 Å². The molecule has 2 aromatic heterocycles. The Morgan fingerprint density at radius 1 is 1.45 bits per heavy atom. The van der Waals surface area contributed by atoms with Gasteiger partial charge in [-0.2, -0.15) is 5.10 Å². The summed E-state index contributed by atoms with van der Waals surface area (Å²) in [5, 5.41) is 7.50. The molecule has 1 atom stereocenters. The number of hydrogen-bond donors (Lipinski definition) is 2. The van der Waals surface area contributed by atoms with Crippen molar-refractivity contribution in [3.63, 3.8) is 0 Å². The fourth-order valence-electron chi connectivity index (χ4n) is 2.41. The number of hydrogen-bond acceptors (Lipinski definition) is 4. The van der Waals surface area contributed by atoms with Gasteiger partial charge in [0.25, 0.3) is 5.56 Å². The number of aryl methyl sites for hydroxylation is 3. The van der Waals surface area contributed by atoms with E-state index in [4.69, 9.17) is 0 Å². The molecular weight excluding hydrogens is 254 g/mol. The van der Waals surface area contributed by atoms with E-state index in [1.165, 1.54) is 0 Å². The van der Waals surface area contributed by atoms with Crippen molar-refractivity contribution in [2.24, 2.45) is 7.05 Å². The molecule has 0 amide bonds. The van der Waals surface area contributed by atoms with Gasteiger partial charge in [-0.1, -0.05) is 0 Å². The van der Waals surface area contributed by atoms with Crippen LogP contribution in [0, 0.1) is 13.8 Å². The third-order valence-electron chi connectivity index (χ3n) is 3.45. The van der Waals surface area contributed by atoms with Crippen molar-refractivity contribution in [3.8, 4) is 0 Å². The SMILES string of the molecule is Cc1nc(C)c(C(C)NCCc2ccnn2C)c(=O)[nH]1. The molecule has 0 fully saturated rings. The van der Waals surface area contributed by atoms with Crippen LogP contribution in [0.4, 0.5) is 0 Å². The van der Waals surface area contributed by atoms with Crippen LogP contribution >= 0.6 is 0 Å². The van der Waals surface area contributed by atoms with Gasteiger partial charge < -0.3 is 10.3 Å². The van der Waals surface area contributed by atoms with E-state index in [0.29, 0.717) is 11.4 Å². The van der Waals surface area contributed by atoms with Crippen LogP contribution in [0.25, 0.3) is 0 Å². The second kappa shape index (κ2) is 6.00. The van der Waals surface area contributed by atoms with Crippen LogP contribution in [0.2, 0.25) is 0 Å². The van der Waals surface area contributed by atoms with Gasteiger partial charge in [0, 0.05) is 43.6 Å². The van der Waals surface area contributed by atoms with Crippen molar-refractivity contribution < 1.29 is 0 Å². The molecule has 6 nitrogen and oxygen atoms in total. The third-order valence-corrected chi connectivity index (χ3v) is 3.45. The van der Waals surface area contributed by atoms with E-state index < -0.39 is 0 Å². The Morgan fingerprint density at radius 3 is 2.80 bits per heavy atom. The average Bonchev–Trinajstić information content (AvgIpc) is 2.74. The number of rotatable bonds is 5. The molecule has 108 valence electrons. The molecule has 2 N–H and O–H groups in total. The van der Waals surface area contributed by atoms with Crippen LogP contribution in [0.1, 0.15) is 35.7 Å². The second-order valence-corrected chi connectivity index (χ2v) is 5.02. The molecular formula is C14H21N5O. The summed E-state index contributed by atoms with van der Waals surface area (Å²) >= 11 is 0. The van der Waals surface area contributed by atoms with Gasteiger partial charge in [-0.3, -0.25) is 9.48 Å². The first-order valence-electron chi connectivity index (χ1n) is 6.76. The first-order valence-corrected chi connectivity index (χ1v) is 6.76. The highest BCUT2D eigenvalue weighted by atomic mass is 16.1. The van der Waals surface area contributed by atoms with Gasteiger partial charge in [0.15, 0.2) is 0 Å². The van der Waals surface area contributed by atoms with Gasteiger partial charge in [0.05, 0.1) is 5.56 Å². The van der Waals surface area contributed by atoms with Gasteiger partial charge in [-0.15, -0.1) is 0 Å². The molecule has 6 heteroatoms. The van der Waals surface area contributed by atoms with E-state index in [1.807, 2.05) is 31.6 Å². The first-order chi connectivity index (χ1) is 9.49. The monoisotopic (exact) mass is 275 g/mol. The standard InChI is InChI=1S/C14H21N5O/c1-9(13-10(2)17-11(3)18-14(13)20)15-7-5-12-6-8-16-19(12)4/h6,8-9,15H,5,7H2,1-4H3,(H,17,18,20). The van der Waals surface area contributed by atoms with Crippen LogP contribution in [-0.2, 0) is 13.5 Å². The minimum absolute atomic E-state index is 0.0277. The third kappa shape index (κ3) is 3.14. The van der Waals surface area contributed by atoms with E-state index in [-0.39, 0.29) is 11.6 Å². The van der Waals surface area contributed by atoms with E-state index in [0.717, 1.165) is 24.4 Å². The van der Waals surface area contributed by atoms with E-state index in [9.17, 15) is 4.79 Å². The maximum Gasteiger partial charge on any atom is 0.255 e. The predicted octanol–water partition coefficient (Wildman–Crippen LogP) is 1.01. The van der Waals surface area contributed by atoms with E-state index in [2.05, 4.69) is 20.4 Å². The molecule has 0 aromatic carbocycles. The zero-order valence-corrected chi connectivity index (χ0v) is 12.4. The molecule has 0 aliphatic carbocycles. The highest BCUT2D eigenvalue weighted by Crippen LogP contribution is 2.10. The molecule has 2 rings (SSSR count). The zero-order valence-electron chi connectivity index (χ0n) is 12.4. The topological polar surface area (TPSA) is 75.6 Å². The van der Waals surface area contributed by atoms with Crippen LogP contribution in [0.15, 0.2) is 17.1 Å². The lowest BCUT2D eigenvalue weighted by atomic mass is 10.1. The molecule has 0 radical (unpaired) electrons. The Hall–Kier alpha value is -1.95. The normalized spacial score (nSPS) is 12.6. The summed E-state index contributed by atoms with van der Waals surface area (Å²) in [7, 11) is 1.93. The molecule has 20 heavy (non-hydrogen) atoms. The molecule has 1 unspecified atom stereocenters.